The lowest BCUT2D eigenvalue weighted by Crippen LogP contribution is -2.36. The Kier molecular flexibility index (Phi) is 5.38. The molecule has 2 rings (SSSR count). The summed E-state index contributed by atoms with van der Waals surface area (Å²) >= 11 is 0. The van der Waals surface area contributed by atoms with Crippen molar-refractivity contribution in [3.8, 4) is 0 Å². The maximum absolute atomic E-state index is 11.9. The number of morpholine rings is 1. The lowest BCUT2D eigenvalue weighted by Gasteiger charge is -2.29. The lowest BCUT2D eigenvalue weighted by atomic mass is 10.1. The largest absolute Gasteiger partial charge is 0.378 e. The van der Waals surface area contributed by atoms with Gasteiger partial charge >= 0.3 is 0 Å². The van der Waals surface area contributed by atoms with Crippen molar-refractivity contribution in [1.29, 1.82) is 0 Å². The van der Waals surface area contributed by atoms with Gasteiger partial charge in [0.15, 0.2) is 0 Å². The third kappa shape index (κ3) is 3.71. The molecule has 5 heteroatoms. The van der Waals surface area contributed by atoms with Gasteiger partial charge in [-0.05, 0) is 30.7 Å². The first-order valence-corrected chi connectivity index (χ1v) is 7.18. The highest BCUT2D eigenvalue weighted by Crippen LogP contribution is 2.19. The molecule has 1 aromatic carbocycles. The SMILES string of the molecule is CCC(CN)C(=O)Nc1ccc(N2CCOCC2)cc1. The molecule has 1 aliphatic rings. The fourth-order valence-corrected chi connectivity index (χ4v) is 2.28. The maximum atomic E-state index is 11.9. The molecule has 0 saturated carbocycles. The number of carbonyl (C=O) groups excluding carboxylic acids is 1. The molecule has 1 aliphatic heterocycles. The Morgan fingerprint density at radius 2 is 2.00 bits per heavy atom. The molecule has 0 radical (unpaired) electrons. The number of hydrogen-bond acceptors (Lipinski definition) is 4. The number of anilines is 2. The van der Waals surface area contributed by atoms with Crippen LogP contribution in [0.2, 0.25) is 0 Å². The van der Waals surface area contributed by atoms with Gasteiger partial charge in [0.1, 0.15) is 0 Å². The first-order chi connectivity index (χ1) is 9.74. The molecule has 1 unspecified atom stereocenters. The lowest BCUT2D eigenvalue weighted by molar-refractivity contribution is -0.119. The molecular formula is C15H23N3O2. The monoisotopic (exact) mass is 277 g/mol. The Hall–Kier alpha value is -1.59. The Balaban J connectivity index is 1.95. The molecule has 1 amide bonds. The van der Waals surface area contributed by atoms with Gasteiger partial charge in [-0.1, -0.05) is 6.92 Å². The van der Waals surface area contributed by atoms with Crippen LogP contribution in [-0.2, 0) is 9.53 Å². The number of nitrogens with one attached hydrogen (secondary N) is 1. The molecule has 1 saturated heterocycles. The van der Waals surface area contributed by atoms with Crippen LogP contribution in [0.15, 0.2) is 24.3 Å². The first kappa shape index (κ1) is 14.8. The van der Waals surface area contributed by atoms with E-state index in [0.29, 0.717) is 6.54 Å². The third-order valence-corrected chi connectivity index (χ3v) is 3.66. The number of nitrogens with two attached hydrogens (primary N) is 1. The molecule has 0 bridgehead atoms. The molecule has 1 fully saturated rings. The summed E-state index contributed by atoms with van der Waals surface area (Å²) in [5.41, 5.74) is 7.56. The zero-order valence-corrected chi connectivity index (χ0v) is 12.0. The molecule has 20 heavy (non-hydrogen) atoms. The van der Waals surface area contributed by atoms with Crippen LogP contribution in [0.5, 0.6) is 0 Å². The van der Waals surface area contributed by atoms with E-state index >= 15 is 0 Å². The van der Waals surface area contributed by atoms with Crippen LogP contribution in [0.4, 0.5) is 11.4 Å². The van der Waals surface area contributed by atoms with Gasteiger partial charge in [0.25, 0.3) is 0 Å². The van der Waals surface area contributed by atoms with Gasteiger partial charge in [-0.15, -0.1) is 0 Å². The van der Waals surface area contributed by atoms with Crippen molar-refractivity contribution in [3.05, 3.63) is 24.3 Å². The quantitative estimate of drug-likeness (QED) is 0.855. The Morgan fingerprint density at radius 3 is 2.55 bits per heavy atom. The van der Waals surface area contributed by atoms with Crippen LogP contribution >= 0.6 is 0 Å². The number of benzene rings is 1. The van der Waals surface area contributed by atoms with Gasteiger partial charge in [-0.2, -0.15) is 0 Å². The highest BCUT2D eigenvalue weighted by Gasteiger charge is 2.15. The predicted octanol–water partition coefficient (Wildman–Crippen LogP) is 1.45. The zero-order chi connectivity index (χ0) is 14.4. The van der Waals surface area contributed by atoms with Crippen molar-refractivity contribution in [3.63, 3.8) is 0 Å². The average Bonchev–Trinajstić information content (AvgIpc) is 2.50. The minimum Gasteiger partial charge on any atom is -0.378 e. The van der Waals surface area contributed by atoms with E-state index in [2.05, 4.69) is 10.2 Å². The second-order valence-corrected chi connectivity index (χ2v) is 4.98. The summed E-state index contributed by atoms with van der Waals surface area (Å²) in [5.74, 6) is -0.122. The molecule has 5 nitrogen and oxygen atoms in total. The fraction of sp³-hybridized carbons (Fsp3) is 0.533. The van der Waals surface area contributed by atoms with Gasteiger partial charge in [0.05, 0.1) is 19.1 Å². The fourth-order valence-electron chi connectivity index (χ4n) is 2.28. The molecular weight excluding hydrogens is 254 g/mol. The number of ether oxygens (including phenoxy) is 1. The molecule has 1 aromatic rings. The Morgan fingerprint density at radius 1 is 1.35 bits per heavy atom. The van der Waals surface area contributed by atoms with Crippen molar-refractivity contribution >= 4 is 17.3 Å². The van der Waals surface area contributed by atoms with Gasteiger partial charge in [-0.3, -0.25) is 4.79 Å². The Bertz CT molecular complexity index is 423. The highest BCUT2D eigenvalue weighted by atomic mass is 16.5. The van der Waals surface area contributed by atoms with Crippen LogP contribution in [-0.4, -0.2) is 38.8 Å². The molecule has 0 spiro atoms. The van der Waals surface area contributed by atoms with E-state index in [9.17, 15) is 4.79 Å². The molecule has 110 valence electrons. The topological polar surface area (TPSA) is 67.6 Å². The summed E-state index contributed by atoms with van der Waals surface area (Å²) in [6, 6.07) is 7.94. The van der Waals surface area contributed by atoms with E-state index in [4.69, 9.17) is 10.5 Å². The van der Waals surface area contributed by atoms with Crippen molar-refractivity contribution in [2.75, 3.05) is 43.1 Å². The van der Waals surface area contributed by atoms with E-state index in [1.54, 1.807) is 0 Å². The van der Waals surface area contributed by atoms with Crippen molar-refractivity contribution < 1.29 is 9.53 Å². The van der Waals surface area contributed by atoms with E-state index < -0.39 is 0 Å². The predicted molar refractivity (Wildman–Crippen MR) is 80.9 cm³/mol. The zero-order valence-electron chi connectivity index (χ0n) is 12.0. The van der Waals surface area contributed by atoms with E-state index in [-0.39, 0.29) is 11.8 Å². The van der Waals surface area contributed by atoms with Crippen LogP contribution in [0, 0.1) is 5.92 Å². The summed E-state index contributed by atoms with van der Waals surface area (Å²) in [5, 5.41) is 2.91. The molecule has 0 aliphatic carbocycles. The number of nitrogens with zero attached hydrogens (tertiary/aromatic N) is 1. The first-order valence-electron chi connectivity index (χ1n) is 7.18. The standard InChI is InChI=1S/C15H23N3O2/c1-2-12(11-16)15(19)17-13-3-5-14(6-4-13)18-7-9-20-10-8-18/h3-6,12H,2,7-11,16H2,1H3,(H,17,19). The summed E-state index contributed by atoms with van der Waals surface area (Å²) in [4.78, 5) is 14.2. The smallest absolute Gasteiger partial charge is 0.228 e. The summed E-state index contributed by atoms with van der Waals surface area (Å²) < 4.78 is 5.34. The average molecular weight is 277 g/mol. The van der Waals surface area contributed by atoms with Gasteiger partial charge in [-0.25, -0.2) is 0 Å². The maximum Gasteiger partial charge on any atom is 0.228 e. The minimum absolute atomic E-state index is 0.00544. The van der Waals surface area contributed by atoms with Crippen LogP contribution < -0.4 is 16.0 Å². The summed E-state index contributed by atoms with van der Waals surface area (Å²) in [6.45, 7) is 5.72. The van der Waals surface area contributed by atoms with Gasteiger partial charge < -0.3 is 20.7 Å². The molecule has 1 heterocycles. The number of amides is 1. The van der Waals surface area contributed by atoms with Crippen LogP contribution in [0.25, 0.3) is 0 Å². The summed E-state index contributed by atoms with van der Waals surface area (Å²) in [6.07, 6.45) is 0.758. The third-order valence-electron chi connectivity index (χ3n) is 3.66. The number of rotatable bonds is 5. The van der Waals surface area contributed by atoms with E-state index in [1.165, 1.54) is 0 Å². The van der Waals surface area contributed by atoms with E-state index in [0.717, 1.165) is 44.1 Å². The number of hydrogen-bond donors (Lipinski definition) is 2. The molecule has 3 N–H and O–H groups in total. The van der Waals surface area contributed by atoms with Crippen molar-refractivity contribution in [2.45, 2.75) is 13.3 Å². The van der Waals surface area contributed by atoms with Crippen molar-refractivity contribution in [1.82, 2.24) is 0 Å². The second kappa shape index (κ2) is 7.26. The van der Waals surface area contributed by atoms with Crippen LogP contribution in [0.1, 0.15) is 13.3 Å². The van der Waals surface area contributed by atoms with Gasteiger partial charge in [0, 0.05) is 31.0 Å². The summed E-state index contributed by atoms with van der Waals surface area (Å²) in [7, 11) is 0. The van der Waals surface area contributed by atoms with Crippen LogP contribution in [0.3, 0.4) is 0 Å². The van der Waals surface area contributed by atoms with E-state index in [1.807, 2.05) is 31.2 Å². The Labute approximate surface area is 120 Å². The van der Waals surface area contributed by atoms with Crippen molar-refractivity contribution in [2.24, 2.45) is 11.7 Å². The number of carbonyl (C=O) groups is 1. The second-order valence-electron chi connectivity index (χ2n) is 4.98. The highest BCUT2D eigenvalue weighted by molar-refractivity contribution is 5.92. The minimum atomic E-state index is -0.117. The normalized spacial score (nSPS) is 16.8. The molecule has 0 aromatic heterocycles. The van der Waals surface area contributed by atoms with Gasteiger partial charge in [0.2, 0.25) is 5.91 Å². The molecule has 1 atom stereocenters.